The van der Waals surface area contributed by atoms with E-state index in [1.54, 1.807) is 15.6 Å². The minimum Gasteiger partial charge on any atom is -0.478 e. The number of hydrogen-bond donors (Lipinski definition) is 0. The third kappa shape index (κ3) is 3.18. The average Bonchev–Trinajstić information content (AvgIpc) is 3.12. The van der Waals surface area contributed by atoms with Crippen molar-refractivity contribution < 1.29 is 14.3 Å². The van der Waals surface area contributed by atoms with Gasteiger partial charge in [-0.25, -0.2) is 14.6 Å². The van der Waals surface area contributed by atoms with Crippen LogP contribution in [0.1, 0.15) is 35.4 Å². The number of carbonyl (C=O) groups excluding carboxylic acids is 1. The summed E-state index contributed by atoms with van der Waals surface area (Å²) in [5, 5.41) is 13.5. The molecular formula is C17H18N6O3. The van der Waals surface area contributed by atoms with Crippen LogP contribution in [0.3, 0.4) is 0 Å². The summed E-state index contributed by atoms with van der Waals surface area (Å²) in [5.74, 6) is 0.714. The summed E-state index contributed by atoms with van der Waals surface area (Å²) in [7, 11) is 0. The van der Waals surface area contributed by atoms with Gasteiger partial charge in [-0.05, 0) is 12.8 Å². The van der Waals surface area contributed by atoms with Gasteiger partial charge >= 0.3 is 0 Å². The summed E-state index contributed by atoms with van der Waals surface area (Å²) >= 11 is 0. The minimum atomic E-state index is -0.231. The van der Waals surface area contributed by atoms with E-state index in [0.717, 1.165) is 25.8 Å². The SMILES string of the molecule is N#Cc1nccnc1OC1CCCN(C(=O)c2cc3n(n2)CCCO3)C1. The van der Waals surface area contributed by atoms with Crippen LogP contribution in [-0.2, 0) is 6.54 Å². The zero-order valence-electron chi connectivity index (χ0n) is 14.2. The van der Waals surface area contributed by atoms with Crippen molar-refractivity contribution in [3.63, 3.8) is 0 Å². The van der Waals surface area contributed by atoms with E-state index >= 15 is 0 Å². The smallest absolute Gasteiger partial charge is 0.274 e. The third-order valence-electron chi connectivity index (χ3n) is 4.44. The number of rotatable bonds is 3. The Morgan fingerprint density at radius 2 is 2.19 bits per heavy atom. The Hall–Kier alpha value is -3.15. The summed E-state index contributed by atoms with van der Waals surface area (Å²) in [6, 6.07) is 3.66. The van der Waals surface area contributed by atoms with Crippen molar-refractivity contribution in [3.8, 4) is 17.8 Å². The van der Waals surface area contributed by atoms with Gasteiger partial charge in [0.2, 0.25) is 11.6 Å². The molecule has 9 nitrogen and oxygen atoms in total. The second-order valence-corrected chi connectivity index (χ2v) is 6.25. The van der Waals surface area contributed by atoms with Gasteiger partial charge in [0.05, 0.1) is 13.2 Å². The molecule has 4 heterocycles. The van der Waals surface area contributed by atoms with Gasteiger partial charge in [0.1, 0.15) is 12.2 Å². The van der Waals surface area contributed by atoms with Crippen LogP contribution in [0.5, 0.6) is 11.8 Å². The zero-order chi connectivity index (χ0) is 17.9. The first-order valence-electron chi connectivity index (χ1n) is 8.62. The van der Waals surface area contributed by atoms with Gasteiger partial charge in [-0.1, -0.05) is 0 Å². The number of fused-ring (bicyclic) bond motifs is 1. The molecule has 1 amide bonds. The Labute approximate surface area is 150 Å². The summed E-state index contributed by atoms with van der Waals surface area (Å²) < 4.78 is 13.1. The van der Waals surface area contributed by atoms with Crippen LogP contribution in [0, 0.1) is 11.3 Å². The molecule has 2 aromatic heterocycles. The van der Waals surface area contributed by atoms with Crippen molar-refractivity contribution in [2.24, 2.45) is 0 Å². The van der Waals surface area contributed by atoms with Crippen LogP contribution in [-0.4, -0.2) is 56.4 Å². The minimum absolute atomic E-state index is 0.136. The van der Waals surface area contributed by atoms with E-state index in [9.17, 15) is 4.79 Å². The summed E-state index contributed by atoms with van der Waals surface area (Å²) in [5.41, 5.74) is 0.537. The molecule has 0 spiro atoms. The van der Waals surface area contributed by atoms with E-state index in [0.29, 0.717) is 31.3 Å². The normalized spacial score (nSPS) is 19.2. The molecule has 1 fully saturated rings. The van der Waals surface area contributed by atoms with Gasteiger partial charge in [-0.2, -0.15) is 10.4 Å². The molecule has 26 heavy (non-hydrogen) atoms. The van der Waals surface area contributed by atoms with Crippen molar-refractivity contribution >= 4 is 5.91 Å². The maximum atomic E-state index is 12.8. The second kappa shape index (κ2) is 7.00. The van der Waals surface area contributed by atoms with E-state index in [1.165, 1.54) is 12.4 Å². The van der Waals surface area contributed by atoms with Crippen LogP contribution in [0.2, 0.25) is 0 Å². The molecule has 4 rings (SSSR count). The van der Waals surface area contributed by atoms with Crippen LogP contribution in [0.15, 0.2) is 18.5 Å². The number of hydrogen-bond acceptors (Lipinski definition) is 7. The van der Waals surface area contributed by atoms with Crippen LogP contribution in [0.4, 0.5) is 0 Å². The molecule has 1 saturated heterocycles. The lowest BCUT2D eigenvalue weighted by atomic mass is 10.1. The molecule has 9 heteroatoms. The fourth-order valence-corrected chi connectivity index (χ4v) is 3.20. The molecule has 0 saturated carbocycles. The highest BCUT2D eigenvalue weighted by Crippen LogP contribution is 2.22. The maximum Gasteiger partial charge on any atom is 0.274 e. The second-order valence-electron chi connectivity index (χ2n) is 6.25. The van der Waals surface area contributed by atoms with Gasteiger partial charge in [0.15, 0.2) is 5.69 Å². The topological polar surface area (TPSA) is 106 Å². The van der Waals surface area contributed by atoms with E-state index < -0.39 is 0 Å². The zero-order valence-corrected chi connectivity index (χ0v) is 14.2. The predicted molar refractivity (Wildman–Crippen MR) is 88.6 cm³/mol. The molecular weight excluding hydrogens is 336 g/mol. The molecule has 1 unspecified atom stereocenters. The molecule has 0 N–H and O–H groups in total. The van der Waals surface area contributed by atoms with Gasteiger partial charge in [0, 0.05) is 38.0 Å². The molecule has 0 radical (unpaired) electrons. The Bertz CT molecular complexity index is 835. The number of amides is 1. The van der Waals surface area contributed by atoms with Crippen molar-refractivity contribution in [2.75, 3.05) is 19.7 Å². The Kier molecular flexibility index (Phi) is 4.39. The van der Waals surface area contributed by atoms with E-state index in [2.05, 4.69) is 15.1 Å². The van der Waals surface area contributed by atoms with Crippen LogP contribution in [0.25, 0.3) is 0 Å². The number of nitrogens with zero attached hydrogens (tertiary/aromatic N) is 6. The number of likely N-dealkylation sites (tertiary alicyclic amines) is 1. The largest absolute Gasteiger partial charge is 0.478 e. The van der Waals surface area contributed by atoms with Crippen molar-refractivity contribution in [3.05, 3.63) is 29.8 Å². The van der Waals surface area contributed by atoms with Crippen molar-refractivity contribution in [1.29, 1.82) is 5.26 Å². The highest BCUT2D eigenvalue weighted by molar-refractivity contribution is 5.92. The van der Waals surface area contributed by atoms with Gasteiger partial charge in [-0.15, -0.1) is 0 Å². The standard InChI is InChI=1S/C17H18N6O3/c18-10-14-16(20-5-4-19-14)26-12-3-1-6-22(11-12)17(24)13-9-15-23(21-13)7-2-8-25-15/h4-5,9,12H,1-3,6-8,11H2. The Balaban J connectivity index is 1.45. The molecule has 2 aromatic rings. The first-order valence-corrected chi connectivity index (χ1v) is 8.62. The first-order chi connectivity index (χ1) is 12.7. The maximum absolute atomic E-state index is 12.8. The lowest BCUT2D eigenvalue weighted by molar-refractivity contribution is 0.0520. The number of aromatic nitrogens is 4. The van der Waals surface area contributed by atoms with E-state index in [4.69, 9.17) is 14.7 Å². The molecule has 134 valence electrons. The molecule has 0 bridgehead atoms. The quantitative estimate of drug-likeness (QED) is 0.810. The summed E-state index contributed by atoms with van der Waals surface area (Å²) in [4.78, 5) is 22.5. The van der Waals surface area contributed by atoms with E-state index in [-0.39, 0.29) is 23.6 Å². The number of aryl methyl sites for hydroxylation is 1. The van der Waals surface area contributed by atoms with Gasteiger partial charge < -0.3 is 14.4 Å². The fourth-order valence-electron chi connectivity index (χ4n) is 3.20. The van der Waals surface area contributed by atoms with Gasteiger partial charge in [-0.3, -0.25) is 4.79 Å². The lowest BCUT2D eigenvalue weighted by Crippen LogP contribution is -2.44. The van der Waals surface area contributed by atoms with Crippen molar-refractivity contribution in [1.82, 2.24) is 24.6 Å². The highest BCUT2D eigenvalue weighted by atomic mass is 16.5. The summed E-state index contributed by atoms with van der Waals surface area (Å²) in [6.45, 7) is 2.48. The lowest BCUT2D eigenvalue weighted by Gasteiger charge is -2.32. The average molecular weight is 354 g/mol. The van der Waals surface area contributed by atoms with Crippen LogP contribution >= 0.6 is 0 Å². The Morgan fingerprint density at radius 3 is 3.04 bits per heavy atom. The first kappa shape index (κ1) is 16.3. The predicted octanol–water partition coefficient (Wildman–Crippen LogP) is 1.01. The molecule has 1 atom stereocenters. The summed E-state index contributed by atoms with van der Waals surface area (Å²) in [6.07, 6.45) is 5.19. The Morgan fingerprint density at radius 1 is 1.31 bits per heavy atom. The number of piperidine rings is 1. The fraction of sp³-hybridized carbons (Fsp3) is 0.471. The molecule has 2 aliphatic rings. The molecule has 0 aliphatic carbocycles. The molecule has 2 aliphatic heterocycles. The number of carbonyl (C=O) groups is 1. The monoisotopic (exact) mass is 354 g/mol. The highest BCUT2D eigenvalue weighted by Gasteiger charge is 2.29. The van der Waals surface area contributed by atoms with Crippen molar-refractivity contribution in [2.45, 2.75) is 31.9 Å². The van der Waals surface area contributed by atoms with E-state index in [1.807, 2.05) is 6.07 Å². The van der Waals surface area contributed by atoms with Gasteiger partial charge in [0.25, 0.3) is 11.8 Å². The number of nitriles is 1. The van der Waals surface area contributed by atoms with Crippen LogP contribution < -0.4 is 9.47 Å². The molecule has 0 aromatic carbocycles. The number of ether oxygens (including phenoxy) is 2. The third-order valence-corrected chi connectivity index (χ3v) is 4.44.